The van der Waals surface area contributed by atoms with Gasteiger partial charge in [-0.15, -0.1) is 0 Å². The van der Waals surface area contributed by atoms with Crippen molar-refractivity contribution in [3.63, 3.8) is 0 Å². The number of hydrogen-bond donors (Lipinski definition) is 4. The molecular weight excluding hydrogens is 450 g/mol. The molecule has 184 valence electrons. The average molecular weight is 480 g/mol. The fourth-order valence-corrected chi connectivity index (χ4v) is 4.41. The second-order valence-electron chi connectivity index (χ2n) is 8.81. The Bertz CT molecular complexity index is 1270. The zero-order valence-corrected chi connectivity index (χ0v) is 19.7. The Morgan fingerprint density at radius 2 is 1.69 bits per heavy atom. The molecule has 1 aliphatic heterocycles. The molecule has 35 heavy (non-hydrogen) atoms. The Labute approximate surface area is 202 Å². The van der Waals surface area contributed by atoms with Crippen molar-refractivity contribution in [3.8, 4) is 5.75 Å². The minimum Gasteiger partial charge on any atom is -0.484 e. The molecule has 3 aromatic rings. The molecule has 4 rings (SSSR count). The van der Waals surface area contributed by atoms with Crippen LogP contribution in [0.3, 0.4) is 0 Å². The van der Waals surface area contributed by atoms with E-state index in [1.54, 1.807) is 42.5 Å². The molecule has 1 saturated heterocycles. The number of amides is 3. The Hall–Kier alpha value is -4.08. The maximum atomic E-state index is 12.6. The van der Waals surface area contributed by atoms with Gasteiger partial charge in [0.1, 0.15) is 5.75 Å². The highest BCUT2D eigenvalue weighted by atomic mass is 16.5. The molecule has 0 radical (unpaired) electrons. The van der Waals surface area contributed by atoms with E-state index in [0.29, 0.717) is 28.0 Å². The number of benzene rings is 2. The van der Waals surface area contributed by atoms with Crippen molar-refractivity contribution >= 4 is 34.4 Å². The highest BCUT2D eigenvalue weighted by molar-refractivity contribution is 6.00. The molecule has 0 unspecified atom stereocenters. The molecule has 4 N–H and O–H groups in total. The first-order valence-electron chi connectivity index (χ1n) is 11.6. The molecular formula is C25H29N5O5. The number of anilines is 1. The molecule has 1 aliphatic rings. The van der Waals surface area contributed by atoms with Gasteiger partial charge in [0.15, 0.2) is 6.61 Å². The number of aromatic amines is 2. The first kappa shape index (κ1) is 24.1. The number of fused-ring (bicyclic) bond motifs is 1. The molecule has 0 saturated carbocycles. The lowest BCUT2D eigenvalue weighted by Crippen LogP contribution is -2.49. The molecule has 10 heteroatoms. The Balaban J connectivity index is 1.24. The summed E-state index contributed by atoms with van der Waals surface area (Å²) in [4.78, 5) is 55.7. The summed E-state index contributed by atoms with van der Waals surface area (Å²) in [6, 6.07) is 11.8. The van der Waals surface area contributed by atoms with E-state index in [1.165, 1.54) is 0 Å². The van der Waals surface area contributed by atoms with Gasteiger partial charge >= 0.3 is 5.69 Å². The van der Waals surface area contributed by atoms with Crippen molar-refractivity contribution in [2.45, 2.75) is 45.2 Å². The van der Waals surface area contributed by atoms with Gasteiger partial charge < -0.3 is 30.2 Å². The van der Waals surface area contributed by atoms with Gasteiger partial charge in [-0.2, -0.15) is 0 Å². The molecule has 1 fully saturated rings. The minimum atomic E-state index is -0.413. The molecule has 0 spiro atoms. The maximum absolute atomic E-state index is 12.6. The summed E-state index contributed by atoms with van der Waals surface area (Å²) < 4.78 is 5.64. The van der Waals surface area contributed by atoms with Crippen molar-refractivity contribution in [1.82, 2.24) is 20.2 Å². The maximum Gasteiger partial charge on any atom is 0.323 e. The number of carbonyl (C=O) groups is 3. The van der Waals surface area contributed by atoms with Crippen LogP contribution in [0.5, 0.6) is 5.75 Å². The van der Waals surface area contributed by atoms with Crippen LogP contribution in [0.4, 0.5) is 5.69 Å². The molecule has 2 heterocycles. The lowest BCUT2D eigenvalue weighted by molar-refractivity contribution is -0.139. The van der Waals surface area contributed by atoms with Crippen molar-refractivity contribution in [1.29, 1.82) is 0 Å². The molecule has 2 atom stereocenters. The number of rotatable bonds is 7. The third-order valence-corrected chi connectivity index (χ3v) is 6.17. The van der Waals surface area contributed by atoms with E-state index in [2.05, 4.69) is 34.4 Å². The van der Waals surface area contributed by atoms with Gasteiger partial charge in [0.2, 0.25) is 5.91 Å². The van der Waals surface area contributed by atoms with Crippen LogP contribution in [0.2, 0.25) is 0 Å². The van der Waals surface area contributed by atoms with E-state index in [-0.39, 0.29) is 36.8 Å². The third kappa shape index (κ3) is 5.89. The van der Waals surface area contributed by atoms with E-state index in [0.717, 1.165) is 19.3 Å². The van der Waals surface area contributed by atoms with Gasteiger partial charge in [0.25, 0.3) is 11.8 Å². The lowest BCUT2D eigenvalue weighted by Gasteiger charge is -2.38. The summed E-state index contributed by atoms with van der Waals surface area (Å²) in [6.07, 6.45) is 3.13. The van der Waals surface area contributed by atoms with Crippen LogP contribution in [0.15, 0.2) is 47.3 Å². The van der Waals surface area contributed by atoms with Gasteiger partial charge in [0, 0.05) is 23.3 Å². The number of piperidine rings is 1. The van der Waals surface area contributed by atoms with E-state index < -0.39 is 11.8 Å². The molecule has 10 nitrogen and oxygen atoms in total. The first-order chi connectivity index (χ1) is 16.8. The fraction of sp³-hybridized carbons (Fsp3) is 0.360. The van der Waals surface area contributed by atoms with Crippen molar-refractivity contribution in [2.75, 3.05) is 18.5 Å². The average Bonchev–Trinajstić information content (AvgIpc) is 3.20. The highest BCUT2D eigenvalue weighted by Gasteiger charge is 2.29. The van der Waals surface area contributed by atoms with Crippen LogP contribution in [0.1, 0.15) is 43.5 Å². The summed E-state index contributed by atoms with van der Waals surface area (Å²) in [5, 5.41) is 5.24. The standard InChI is InChI=1S/C25H29N5O5/c1-15-4-3-5-16(2)30(15)23(32)14-35-19-9-6-17(7-10-19)24(33)26-13-22(31)27-18-8-11-20-21(12-18)29-25(34)28-20/h6-12,15-16H,3-5,13-14H2,1-2H3,(H,26,33)(H,27,31)(H2,28,29,34)/t15-,16+. The number of imidazole rings is 1. The highest BCUT2D eigenvalue weighted by Crippen LogP contribution is 2.23. The zero-order chi connectivity index (χ0) is 24.9. The van der Waals surface area contributed by atoms with Crippen molar-refractivity contribution < 1.29 is 19.1 Å². The summed E-state index contributed by atoms with van der Waals surface area (Å²) in [5.41, 5.74) is 1.73. The van der Waals surface area contributed by atoms with Crippen molar-refractivity contribution in [2.24, 2.45) is 0 Å². The predicted molar refractivity (Wildman–Crippen MR) is 131 cm³/mol. The summed E-state index contributed by atoms with van der Waals surface area (Å²) in [7, 11) is 0. The Kier molecular flexibility index (Phi) is 7.19. The molecule has 0 bridgehead atoms. The van der Waals surface area contributed by atoms with Crippen LogP contribution in [0.25, 0.3) is 11.0 Å². The van der Waals surface area contributed by atoms with Gasteiger partial charge in [-0.3, -0.25) is 14.4 Å². The number of nitrogens with zero attached hydrogens (tertiary/aromatic N) is 1. The summed E-state index contributed by atoms with van der Waals surface area (Å²) in [5.74, 6) is -0.373. The topological polar surface area (TPSA) is 136 Å². The fourth-order valence-electron chi connectivity index (χ4n) is 4.41. The number of likely N-dealkylation sites (tertiary alicyclic amines) is 1. The Morgan fingerprint density at radius 3 is 2.40 bits per heavy atom. The molecule has 1 aromatic heterocycles. The van der Waals surface area contributed by atoms with Gasteiger partial charge in [-0.05, 0) is 75.6 Å². The minimum absolute atomic E-state index is 0.0421. The third-order valence-electron chi connectivity index (χ3n) is 6.17. The quantitative estimate of drug-likeness (QED) is 0.413. The van der Waals surface area contributed by atoms with Gasteiger partial charge in [-0.1, -0.05) is 0 Å². The first-order valence-corrected chi connectivity index (χ1v) is 11.6. The number of carbonyl (C=O) groups excluding carboxylic acids is 3. The molecule has 2 aromatic carbocycles. The van der Waals surface area contributed by atoms with E-state index in [4.69, 9.17) is 4.74 Å². The number of hydrogen-bond acceptors (Lipinski definition) is 5. The number of H-pyrrole nitrogens is 2. The summed E-state index contributed by atoms with van der Waals surface area (Å²) in [6.45, 7) is 3.84. The predicted octanol–water partition coefficient (Wildman–Crippen LogP) is 2.39. The molecule has 0 aliphatic carbocycles. The van der Waals surface area contributed by atoms with Gasteiger partial charge in [0.05, 0.1) is 17.6 Å². The monoisotopic (exact) mass is 479 g/mol. The van der Waals surface area contributed by atoms with E-state index >= 15 is 0 Å². The second kappa shape index (κ2) is 10.5. The van der Waals surface area contributed by atoms with Crippen LogP contribution in [-0.2, 0) is 9.59 Å². The lowest BCUT2D eigenvalue weighted by atomic mass is 9.97. The second-order valence-corrected chi connectivity index (χ2v) is 8.81. The molecule has 3 amide bonds. The number of ether oxygens (including phenoxy) is 1. The number of nitrogens with one attached hydrogen (secondary N) is 4. The Morgan fingerprint density at radius 1 is 1.00 bits per heavy atom. The summed E-state index contributed by atoms with van der Waals surface area (Å²) >= 11 is 0. The largest absolute Gasteiger partial charge is 0.484 e. The van der Waals surface area contributed by atoms with Crippen molar-refractivity contribution in [3.05, 3.63) is 58.5 Å². The van der Waals surface area contributed by atoms with Crippen LogP contribution in [0, 0.1) is 0 Å². The smallest absolute Gasteiger partial charge is 0.323 e. The normalized spacial score (nSPS) is 17.7. The van der Waals surface area contributed by atoms with Crippen LogP contribution < -0.4 is 21.1 Å². The zero-order valence-electron chi connectivity index (χ0n) is 19.7. The van der Waals surface area contributed by atoms with Gasteiger partial charge in [-0.25, -0.2) is 4.79 Å². The van der Waals surface area contributed by atoms with E-state index in [1.807, 2.05) is 4.90 Å². The van der Waals surface area contributed by atoms with Crippen LogP contribution in [-0.4, -0.2) is 57.8 Å². The number of aromatic nitrogens is 2. The van der Waals surface area contributed by atoms with Crippen LogP contribution >= 0.6 is 0 Å². The van der Waals surface area contributed by atoms with E-state index in [9.17, 15) is 19.2 Å². The SMILES string of the molecule is C[C@@H]1CCC[C@H](C)N1C(=O)COc1ccc(C(=O)NCC(=O)Nc2ccc3[nH]c(=O)[nH]c3c2)cc1.